The molecule has 1 heterocycles. The fourth-order valence-corrected chi connectivity index (χ4v) is 1.59. The van der Waals surface area contributed by atoms with Crippen molar-refractivity contribution in [3.63, 3.8) is 0 Å². The van der Waals surface area contributed by atoms with Crippen LogP contribution in [-0.2, 0) is 0 Å². The molecule has 2 N–H and O–H groups in total. The Labute approximate surface area is 106 Å². The smallest absolute Gasteiger partial charge is 0.276 e. The van der Waals surface area contributed by atoms with Gasteiger partial charge in [0.15, 0.2) is 0 Å². The molecule has 4 nitrogen and oxygen atoms in total. The van der Waals surface area contributed by atoms with E-state index in [9.17, 15) is 4.79 Å². The van der Waals surface area contributed by atoms with Gasteiger partial charge in [-0.15, -0.1) is 0 Å². The van der Waals surface area contributed by atoms with Crippen molar-refractivity contribution in [1.82, 2.24) is 4.98 Å². The maximum absolute atomic E-state index is 12.2. The van der Waals surface area contributed by atoms with E-state index in [0.29, 0.717) is 11.4 Å². The summed E-state index contributed by atoms with van der Waals surface area (Å²) in [5.74, 6) is -0.154. The Bertz CT molecular complexity index is 546. The molecule has 92 valence electrons. The van der Waals surface area contributed by atoms with Gasteiger partial charge in [-0.3, -0.25) is 4.79 Å². The number of nitrogen functional groups attached to an aromatic ring is 1. The van der Waals surface area contributed by atoms with Gasteiger partial charge in [-0.25, -0.2) is 4.98 Å². The second-order valence-corrected chi connectivity index (χ2v) is 4.18. The summed E-state index contributed by atoms with van der Waals surface area (Å²) >= 11 is 0. The molecule has 1 aromatic heterocycles. The normalized spacial score (nSPS) is 10.1. The van der Waals surface area contributed by atoms with Crippen molar-refractivity contribution in [2.75, 3.05) is 17.7 Å². The molecule has 4 heteroatoms. The first-order chi connectivity index (χ1) is 8.58. The summed E-state index contributed by atoms with van der Waals surface area (Å²) < 4.78 is 0. The van der Waals surface area contributed by atoms with E-state index in [2.05, 4.69) is 4.98 Å². The third-order valence-corrected chi connectivity index (χ3v) is 2.73. The first kappa shape index (κ1) is 12.1. The van der Waals surface area contributed by atoms with Crippen LogP contribution in [-0.4, -0.2) is 17.9 Å². The van der Waals surface area contributed by atoms with Gasteiger partial charge in [0.1, 0.15) is 5.69 Å². The molecule has 1 amide bonds. The fraction of sp³-hybridized carbons (Fsp3) is 0.143. The van der Waals surface area contributed by atoms with E-state index in [1.165, 1.54) is 6.20 Å². The summed E-state index contributed by atoms with van der Waals surface area (Å²) in [5, 5.41) is 0. The van der Waals surface area contributed by atoms with Gasteiger partial charge in [0.2, 0.25) is 0 Å². The monoisotopic (exact) mass is 241 g/mol. The lowest BCUT2D eigenvalue weighted by atomic mass is 10.2. The lowest BCUT2D eigenvalue weighted by Crippen LogP contribution is -2.27. The van der Waals surface area contributed by atoms with E-state index in [4.69, 9.17) is 5.73 Å². The molecule has 2 rings (SSSR count). The van der Waals surface area contributed by atoms with Crippen molar-refractivity contribution in [3.8, 4) is 0 Å². The number of benzene rings is 1. The van der Waals surface area contributed by atoms with Crippen molar-refractivity contribution < 1.29 is 4.79 Å². The Morgan fingerprint density at radius 1 is 1.17 bits per heavy atom. The highest BCUT2D eigenvalue weighted by Crippen LogP contribution is 2.15. The van der Waals surface area contributed by atoms with Crippen LogP contribution in [0.4, 0.5) is 11.4 Å². The SMILES string of the molecule is Cc1ccc(N(C)C(=O)c2ccc(N)cn2)cc1. The highest BCUT2D eigenvalue weighted by atomic mass is 16.2. The molecule has 0 atom stereocenters. The van der Waals surface area contributed by atoms with Gasteiger partial charge in [0, 0.05) is 12.7 Å². The van der Waals surface area contributed by atoms with Crippen LogP contribution in [0.25, 0.3) is 0 Å². The standard InChI is InChI=1S/C14H15N3O/c1-10-3-6-12(7-4-10)17(2)14(18)13-8-5-11(15)9-16-13/h3-9H,15H2,1-2H3. The van der Waals surface area contributed by atoms with E-state index in [-0.39, 0.29) is 5.91 Å². The van der Waals surface area contributed by atoms with E-state index in [1.54, 1.807) is 24.1 Å². The van der Waals surface area contributed by atoms with Crippen molar-refractivity contribution in [3.05, 3.63) is 53.9 Å². The van der Waals surface area contributed by atoms with Crippen LogP contribution in [0.1, 0.15) is 16.1 Å². The highest BCUT2D eigenvalue weighted by molar-refractivity contribution is 6.04. The van der Waals surface area contributed by atoms with Crippen molar-refractivity contribution in [1.29, 1.82) is 0 Å². The van der Waals surface area contributed by atoms with Crippen molar-refractivity contribution in [2.24, 2.45) is 0 Å². The lowest BCUT2D eigenvalue weighted by Gasteiger charge is -2.17. The number of hydrogen-bond donors (Lipinski definition) is 1. The number of nitrogens with zero attached hydrogens (tertiary/aromatic N) is 2. The topological polar surface area (TPSA) is 59.2 Å². The second-order valence-electron chi connectivity index (χ2n) is 4.18. The number of rotatable bonds is 2. The summed E-state index contributed by atoms with van der Waals surface area (Å²) in [6.07, 6.45) is 1.48. The van der Waals surface area contributed by atoms with Crippen molar-refractivity contribution in [2.45, 2.75) is 6.92 Å². The summed E-state index contributed by atoms with van der Waals surface area (Å²) in [6.45, 7) is 2.01. The Balaban J connectivity index is 2.23. The van der Waals surface area contributed by atoms with Crippen molar-refractivity contribution >= 4 is 17.3 Å². The number of carbonyl (C=O) groups excluding carboxylic acids is 1. The number of anilines is 2. The molecule has 0 saturated carbocycles. The summed E-state index contributed by atoms with van der Waals surface area (Å²) in [5.41, 5.74) is 8.47. The molecule has 1 aromatic carbocycles. The van der Waals surface area contributed by atoms with Crippen LogP contribution in [0.2, 0.25) is 0 Å². The number of aryl methyl sites for hydroxylation is 1. The molecule has 0 saturated heterocycles. The largest absolute Gasteiger partial charge is 0.397 e. The zero-order valence-corrected chi connectivity index (χ0v) is 10.4. The van der Waals surface area contributed by atoms with Crippen LogP contribution in [0.3, 0.4) is 0 Å². The minimum atomic E-state index is -0.154. The molecule has 0 aliphatic rings. The van der Waals surface area contributed by atoms with Crippen LogP contribution in [0, 0.1) is 6.92 Å². The molecule has 0 spiro atoms. The molecular formula is C14H15N3O. The van der Waals surface area contributed by atoms with Crippen LogP contribution >= 0.6 is 0 Å². The molecule has 0 aliphatic heterocycles. The molecule has 0 aliphatic carbocycles. The number of hydrogen-bond acceptors (Lipinski definition) is 3. The summed E-state index contributed by atoms with van der Waals surface area (Å²) in [6, 6.07) is 11.0. The number of aromatic nitrogens is 1. The number of amides is 1. The predicted molar refractivity (Wildman–Crippen MR) is 72.6 cm³/mol. The molecular weight excluding hydrogens is 226 g/mol. The Hall–Kier alpha value is -2.36. The quantitative estimate of drug-likeness (QED) is 0.877. The third kappa shape index (κ3) is 2.48. The van der Waals surface area contributed by atoms with Gasteiger partial charge in [0.05, 0.1) is 11.9 Å². The fourth-order valence-electron chi connectivity index (χ4n) is 1.59. The number of carbonyl (C=O) groups is 1. The molecule has 18 heavy (non-hydrogen) atoms. The van der Waals surface area contributed by atoms with Gasteiger partial charge in [0.25, 0.3) is 5.91 Å². The average Bonchev–Trinajstić information content (AvgIpc) is 2.39. The summed E-state index contributed by atoms with van der Waals surface area (Å²) in [7, 11) is 1.73. The first-order valence-corrected chi connectivity index (χ1v) is 5.64. The Morgan fingerprint density at radius 2 is 1.83 bits per heavy atom. The zero-order chi connectivity index (χ0) is 13.1. The Morgan fingerprint density at radius 3 is 2.39 bits per heavy atom. The minimum Gasteiger partial charge on any atom is -0.397 e. The first-order valence-electron chi connectivity index (χ1n) is 5.64. The lowest BCUT2D eigenvalue weighted by molar-refractivity contribution is 0.0988. The van der Waals surface area contributed by atoms with Gasteiger partial charge < -0.3 is 10.6 Å². The molecule has 0 fully saturated rings. The molecule has 0 radical (unpaired) electrons. The predicted octanol–water partition coefficient (Wildman–Crippen LogP) is 2.25. The van der Waals surface area contributed by atoms with E-state index in [1.807, 2.05) is 31.2 Å². The second kappa shape index (κ2) is 4.87. The van der Waals surface area contributed by atoms with Gasteiger partial charge in [-0.1, -0.05) is 17.7 Å². The average molecular weight is 241 g/mol. The molecule has 0 bridgehead atoms. The highest BCUT2D eigenvalue weighted by Gasteiger charge is 2.14. The number of pyridine rings is 1. The van der Waals surface area contributed by atoms with E-state index < -0.39 is 0 Å². The van der Waals surface area contributed by atoms with Gasteiger partial charge in [-0.2, -0.15) is 0 Å². The maximum atomic E-state index is 12.2. The van der Waals surface area contributed by atoms with Crippen LogP contribution in [0.15, 0.2) is 42.6 Å². The van der Waals surface area contributed by atoms with E-state index in [0.717, 1.165) is 11.3 Å². The number of nitrogens with two attached hydrogens (primary N) is 1. The van der Waals surface area contributed by atoms with Gasteiger partial charge in [-0.05, 0) is 31.2 Å². The molecule has 2 aromatic rings. The maximum Gasteiger partial charge on any atom is 0.276 e. The van der Waals surface area contributed by atoms with E-state index >= 15 is 0 Å². The third-order valence-electron chi connectivity index (χ3n) is 2.73. The summed E-state index contributed by atoms with van der Waals surface area (Å²) in [4.78, 5) is 17.8. The Kier molecular flexibility index (Phi) is 3.28. The van der Waals surface area contributed by atoms with Crippen LogP contribution < -0.4 is 10.6 Å². The minimum absolute atomic E-state index is 0.154. The van der Waals surface area contributed by atoms with Gasteiger partial charge >= 0.3 is 0 Å². The molecule has 0 unspecified atom stereocenters. The zero-order valence-electron chi connectivity index (χ0n) is 10.4. The van der Waals surface area contributed by atoms with Crippen LogP contribution in [0.5, 0.6) is 0 Å².